The molecule has 0 saturated carbocycles. The van der Waals surface area contributed by atoms with Crippen molar-refractivity contribution in [1.29, 1.82) is 0 Å². The summed E-state index contributed by atoms with van der Waals surface area (Å²) in [5.41, 5.74) is 1.56. The number of amides is 3. The van der Waals surface area contributed by atoms with Crippen LogP contribution in [0, 0.1) is 0 Å². The molecule has 0 saturated heterocycles. The van der Waals surface area contributed by atoms with Crippen molar-refractivity contribution in [3.05, 3.63) is 40.5 Å². The average molecular weight is 361 g/mol. The Morgan fingerprint density at radius 2 is 1.92 bits per heavy atom. The summed E-state index contributed by atoms with van der Waals surface area (Å²) in [4.78, 5) is 36.6. The summed E-state index contributed by atoms with van der Waals surface area (Å²) in [5, 5.41) is 5.15. The van der Waals surface area contributed by atoms with Crippen LogP contribution < -0.4 is 10.6 Å². The first-order chi connectivity index (χ1) is 12.1. The Labute approximate surface area is 149 Å². The summed E-state index contributed by atoms with van der Waals surface area (Å²) in [6, 6.07) is 3.15. The summed E-state index contributed by atoms with van der Waals surface area (Å²) in [7, 11) is 1.40. The van der Waals surface area contributed by atoms with Gasteiger partial charge in [-0.1, -0.05) is 0 Å². The van der Waals surface area contributed by atoms with Crippen LogP contribution in [0.4, 0.5) is 4.79 Å². The molecule has 8 heteroatoms. The van der Waals surface area contributed by atoms with Crippen molar-refractivity contribution in [2.75, 3.05) is 13.7 Å². The molecule has 2 N–H and O–H groups in total. The number of nitrogens with one attached hydrogen (secondary N) is 2. The van der Waals surface area contributed by atoms with Crippen molar-refractivity contribution in [1.82, 2.24) is 15.2 Å². The van der Waals surface area contributed by atoms with Gasteiger partial charge in [0.15, 0.2) is 6.61 Å². The second kappa shape index (κ2) is 7.52. The van der Waals surface area contributed by atoms with Gasteiger partial charge in [-0.3, -0.25) is 10.1 Å². The zero-order valence-electron chi connectivity index (χ0n) is 13.8. The van der Waals surface area contributed by atoms with Crippen LogP contribution in [0.2, 0.25) is 0 Å². The molecule has 2 aromatic rings. The highest BCUT2D eigenvalue weighted by Crippen LogP contribution is 2.37. The molecule has 1 aliphatic carbocycles. The third-order valence-corrected chi connectivity index (χ3v) is 5.32. The third kappa shape index (κ3) is 3.74. The number of hydrogen-bond donors (Lipinski definition) is 2. The highest BCUT2D eigenvalue weighted by molar-refractivity contribution is 7.15. The Kier molecular flexibility index (Phi) is 5.18. The molecular weight excluding hydrogens is 342 g/mol. The number of aryl methyl sites for hydroxylation is 1. The van der Waals surface area contributed by atoms with Gasteiger partial charge < -0.3 is 14.6 Å². The van der Waals surface area contributed by atoms with E-state index in [1.54, 1.807) is 11.3 Å². The van der Waals surface area contributed by atoms with Gasteiger partial charge >= 0.3 is 12.0 Å². The van der Waals surface area contributed by atoms with Gasteiger partial charge in [0, 0.05) is 24.3 Å². The summed E-state index contributed by atoms with van der Waals surface area (Å²) in [5.74, 6) is -1.20. The van der Waals surface area contributed by atoms with E-state index in [1.807, 2.05) is 29.1 Å². The van der Waals surface area contributed by atoms with Crippen LogP contribution in [0.3, 0.4) is 0 Å². The third-order valence-electron chi connectivity index (χ3n) is 4.01. The van der Waals surface area contributed by atoms with Crippen molar-refractivity contribution in [2.45, 2.75) is 25.7 Å². The fraction of sp³-hybridized carbons (Fsp3) is 0.353. The summed E-state index contributed by atoms with van der Waals surface area (Å²) in [6.45, 7) is -0.498. The number of carbonyl (C=O) groups excluding carboxylic acids is 3. The molecule has 0 aliphatic heterocycles. The molecule has 3 amide bonds. The lowest BCUT2D eigenvalue weighted by Gasteiger charge is -2.12. The minimum atomic E-state index is -0.667. The molecule has 132 valence electrons. The molecule has 0 unspecified atom stereocenters. The van der Waals surface area contributed by atoms with E-state index >= 15 is 0 Å². The van der Waals surface area contributed by atoms with E-state index in [1.165, 1.54) is 11.9 Å². The second-order valence-electron chi connectivity index (χ2n) is 5.68. The molecule has 0 aromatic carbocycles. The van der Waals surface area contributed by atoms with Crippen molar-refractivity contribution in [2.24, 2.45) is 0 Å². The molecule has 2 aromatic heterocycles. The number of aromatic nitrogens is 1. The van der Waals surface area contributed by atoms with E-state index < -0.39 is 24.5 Å². The topological polar surface area (TPSA) is 89.4 Å². The second-order valence-corrected chi connectivity index (χ2v) is 6.77. The largest absolute Gasteiger partial charge is 0.452 e. The first-order valence-electron chi connectivity index (χ1n) is 8.06. The molecule has 25 heavy (non-hydrogen) atoms. The number of rotatable bonds is 4. The normalized spacial score (nSPS) is 13.0. The SMILES string of the molecule is CNC(=O)NC(=O)COC(=O)c1c(-n2cccc2)sc2c1CCCC2. The van der Waals surface area contributed by atoms with Crippen molar-refractivity contribution in [3.63, 3.8) is 0 Å². The zero-order chi connectivity index (χ0) is 17.8. The summed E-state index contributed by atoms with van der Waals surface area (Å²) >= 11 is 1.59. The van der Waals surface area contributed by atoms with Crippen molar-refractivity contribution >= 4 is 29.2 Å². The first kappa shape index (κ1) is 17.2. The number of fused-ring (bicyclic) bond motifs is 1. The van der Waals surface area contributed by atoms with Gasteiger partial charge in [-0.25, -0.2) is 9.59 Å². The van der Waals surface area contributed by atoms with Gasteiger partial charge in [0.05, 0.1) is 5.56 Å². The molecule has 1 aliphatic rings. The number of hydrogen-bond acceptors (Lipinski definition) is 5. The summed E-state index contributed by atoms with van der Waals surface area (Å²) in [6.07, 6.45) is 7.70. The number of carbonyl (C=O) groups is 3. The number of imide groups is 1. The van der Waals surface area contributed by atoms with E-state index in [4.69, 9.17) is 4.74 Å². The van der Waals surface area contributed by atoms with Gasteiger partial charge in [0.1, 0.15) is 5.00 Å². The lowest BCUT2D eigenvalue weighted by molar-refractivity contribution is -0.123. The number of urea groups is 1. The molecule has 0 radical (unpaired) electrons. The highest BCUT2D eigenvalue weighted by Gasteiger charge is 2.27. The Morgan fingerprint density at radius 3 is 2.64 bits per heavy atom. The first-order valence-corrected chi connectivity index (χ1v) is 8.88. The van der Waals surface area contributed by atoms with Crippen LogP contribution in [0.1, 0.15) is 33.6 Å². The lowest BCUT2D eigenvalue weighted by atomic mass is 9.95. The molecule has 7 nitrogen and oxygen atoms in total. The zero-order valence-corrected chi connectivity index (χ0v) is 14.6. The quantitative estimate of drug-likeness (QED) is 0.816. The highest BCUT2D eigenvalue weighted by atomic mass is 32.1. The van der Waals surface area contributed by atoms with Crippen LogP contribution in [0.15, 0.2) is 24.5 Å². The van der Waals surface area contributed by atoms with E-state index in [0.29, 0.717) is 5.56 Å². The molecule has 0 bridgehead atoms. The minimum absolute atomic E-state index is 0.498. The van der Waals surface area contributed by atoms with Gasteiger partial charge in [-0.2, -0.15) is 0 Å². The van der Waals surface area contributed by atoms with E-state index in [0.717, 1.165) is 36.2 Å². The van der Waals surface area contributed by atoms with Crippen molar-refractivity contribution < 1.29 is 19.1 Å². The molecule has 3 rings (SSSR count). The Morgan fingerprint density at radius 1 is 1.20 bits per heavy atom. The van der Waals surface area contributed by atoms with Gasteiger partial charge in [-0.15, -0.1) is 11.3 Å². The van der Waals surface area contributed by atoms with E-state index in [9.17, 15) is 14.4 Å². The fourth-order valence-corrected chi connectivity index (χ4v) is 4.19. The van der Waals surface area contributed by atoms with Gasteiger partial charge in [0.25, 0.3) is 5.91 Å². The Balaban J connectivity index is 1.80. The number of esters is 1. The maximum Gasteiger partial charge on any atom is 0.341 e. The van der Waals surface area contributed by atoms with Crippen LogP contribution in [-0.4, -0.2) is 36.1 Å². The minimum Gasteiger partial charge on any atom is -0.452 e. The predicted molar refractivity (Wildman–Crippen MR) is 93.2 cm³/mol. The fourth-order valence-electron chi connectivity index (χ4n) is 2.84. The van der Waals surface area contributed by atoms with Crippen LogP contribution in [-0.2, 0) is 22.4 Å². The molecule has 0 fully saturated rings. The van der Waals surface area contributed by atoms with Crippen LogP contribution in [0.25, 0.3) is 5.00 Å². The van der Waals surface area contributed by atoms with Gasteiger partial charge in [0.2, 0.25) is 0 Å². The number of nitrogens with zero attached hydrogens (tertiary/aromatic N) is 1. The Bertz CT molecular complexity index is 795. The molecule has 2 heterocycles. The smallest absolute Gasteiger partial charge is 0.341 e. The number of thiophene rings is 1. The summed E-state index contributed by atoms with van der Waals surface area (Å²) < 4.78 is 7.05. The molecular formula is C17H19N3O4S. The molecule has 0 spiro atoms. The Hall–Kier alpha value is -2.61. The maximum absolute atomic E-state index is 12.6. The van der Waals surface area contributed by atoms with E-state index in [2.05, 4.69) is 10.6 Å². The van der Waals surface area contributed by atoms with Crippen LogP contribution >= 0.6 is 11.3 Å². The monoisotopic (exact) mass is 361 g/mol. The maximum atomic E-state index is 12.6. The molecule has 0 atom stereocenters. The lowest BCUT2D eigenvalue weighted by Crippen LogP contribution is -2.39. The van der Waals surface area contributed by atoms with E-state index in [-0.39, 0.29) is 0 Å². The average Bonchev–Trinajstić information content (AvgIpc) is 3.26. The standard InChI is InChI=1S/C17H19N3O4S/c1-18-17(23)19-13(21)10-24-16(22)14-11-6-2-3-7-12(11)25-15(14)20-8-4-5-9-20/h4-5,8-9H,2-3,6-7,10H2,1H3,(H2,18,19,21,23). The van der Waals surface area contributed by atoms with Gasteiger partial charge in [-0.05, 0) is 43.4 Å². The van der Waals surface area contributed by atoms with Crippen molar-refractivity contribution in [3.8, 4) is 5.00 Å². The van der Waals surface area contributed by atoms with Crippen LogP contribution in [0.5, 0.6) is 0 Å². The number of ether oxygens (including phenoxy) is 1. The predicted octanol–water partition coefficient (Wildman–Crippen LogP) is 2.03.